The maximum Gasteiger partial charge on any atom is 0.410 e. The van der Waals surface area contributed by atoms with E-state index in [0.717, 1.165) is 11.3 Å². The predicted molar refractivity (Wildman–Crippen MR) is 193 cm³/mol. The molecule has 0 aromatic heterocycles. The number of carbonyl (C=O) groups excluding carboxylic acids is 2. The fraction of sp³-hybridized carbons (Fsp3) is 0.730. The molecule has 1 aromatic carbocycles. The van der Waals surface area contributed by atoms with Crippen LogP contribution in [0.5, 0.6) is 5.75 Å². The van der Waals surface area contributed by atoms with Crippen molar-refractivity contribution in [3.8, 4) is 5.75 Å². The Kier molecular flexibility index (Phi) is 10.3. The van der Waals surface area contributed by atoms with E-state index in [1.165, 1.54) is 0 Å². The van der Waals surface area contributed by atoms with Crippen molar-refractivity contribution in [3.05, 3.63) is 42.2 Å². The van der Waals surface area contributed by atoms with E-state index in [1.807, 2.05) is 56.2 Å². The molecular weight excluding hydrogens is 625 g/mol. The molecule has 8 nitrogen and oxygen atoms in total. The Morgan fingerprint density at radius 1 is 0.957 bits per heavy atom. The maximum atomic E-state index is 14.7. The van der Waals surface area contributed by atoms with E-state index in [4.69, 9.17) is 18.3 Å². The lowest BCUT2D eigenvalue weighted by Crippen LogP contribution is -2.71. The summed E-state index contributed by atoms with van der Waals surface area (Å²) in [5.74, 6) is 0.749. The minimum atomic E-state index is -2.16. The number of rotatable bonds is 9. The largest absolute Gasteiger partial charge is 0.549 e. The van der Waals surface area contributed by atoms with Crippen LogP contribution in [0.4, 0.5) is 4.79 Å². The molecule has 4 bridgehead atoms. The van der Waals surface area contributed by atoms with Crippen LogP contribution in [-0.2, 0) is 24.9 Å². The Bertz CT molecular complexity index is 1320. The van der Waals surface area contributed by atoms with Crippen molar-refractivity contribution in [1.82, 2.24) is 9.80 Å². The second kappa shape index (κ2) is 12.9. The zero-order valence-electron chi connectivity index (χ0n) is 31.7. The fourth-order valence-corrected chi connectivity index (χ4v) is 8.89. The molecule has 2 amide bonds. The maximum absolute atomic E-state index is 14.7. The molecule has 0 radical (unpaired) electrons. The number of methoxy groups -OCH3 is 1. The lowest BCUT2D eigenvalue weighted by atomic mass is 9.59. The van der Waals surface area contributed by atoms with Gasteiger partial charge in [0, 0.05) is 37.5 Å². The van der Waals surface area contributed by atoms with Crippen LogP contribution in [0.2, 0.25) is 36.3 Å². The van der Waals surface area contributed by atoms with E-state index in [0.29, 0.717) is 32.5 Å². The van der Waals surface area contributed by atoms with Crippen molar-refractivity contribution < 1.29 is 27.9 Å². The summed E-state index contributed by atoms with van der Waals surface area (Å²) in [5, 5.41) is 0.0434. The Balaban J connectivity index is 1.88. The van der Waals surface area contributed by atoms with Crippen molar-refractivity contribution in [1.29, 1.82) is 0 Å². The van der Waals surface area contributed by atoms with Gasteiger partial charge in [-0.3, -0.25) is 4.79 Å². The summed E-state index contributed by atoms with van der Waals surface area (Å²) < 4.78 is 25.1. The van der Waals surface area contributed by atoms with Gasteiger partial charge in [-0.15, -0.1) is 0 Å². The molecule has 1 aliphatic carbocycles. The number of benzene rings is 1. The Morgan fingerprint density at radius 2 is 1.55 bits per heavy atom. The van der Waals surface area contributed by atoms with Crippen LogP contribution in [0, 0.1) is 17.8 Å². The molecular formula is C37H62N2O6Si2. The van der Waals surface area contributed by atoms with Gasteiger partial charge in [-0.1, -0.05) is 53.7 Å². The highest BCUT2D eigenvalue weighted by Gasteiger charge is 2.69. The molecule has 1 saturated carbocycles. The van der Waals surface area contributed by atoms with Crippen LogP contribution >= 0.6 is 0 Å². The van der Waals surface area contributed by atoms with Gasteiger partial charge in [-0.25, -0.2) is 4.79 Å². The molecule has 1 aromatic rings. The number of ether oxygens (including phenoxy) is 2. The number of hydrogen-bond donors (Lipinski definition) is 0. The first-order valence-corrected chi connectivity index (χ1v) is 23.2. The van der Waals surface area contributed by atoms with E-state index in [-0.39, 0.29) is 45.9 Å². The minimum absolute atomic E-state index is 0.0103. The van der Waals surface area contributed by atoms with Gasteiger partial charge in [-0.05, 0) is 93.6 Å². The lowest BCUT2D eigenvalue weighted by molar-refractivity contribution is -0.134. The smallest absolute Gasteiger partial charge is 0.410 e. The summed E-state index contributed by atoms with van der Waals surface area (Å²) in [5.41, 5.74) is -0.416. The average Bonchev–Trinajstić information content (AvgIpc) is 3.08. The number of nitrogens with zero attached hydrogens (tertiary/aromatic N) is 2. The van der Waals surface area contributed by atoms with Gasteiger partial charge in [0.1, 0.15) is 11.4 Å². The summed E-state index contributed by atoms with van der Waals surface area (Å²) in [6, 6.07) is 7.60. The minimum Gasteiger partial charge on any atom is -0.549 e. The van der Waals surface area contributed by atoms with Gasteiger partial charge < -0.3 is 28.1 Å². The molecule has 264 valence electrons. The van der Waals surface area contributed by atoms with Gasteiger partial charge in [-0.2, -0.15) is 0 Å². The van der Waals surface area contributed by atoms with E-state index >= 15 is 0 Å². The molecule has 0 spiro atoms. The topological polar surface area (TPSA) is 77.5 Å². The summed E-state index contributed by atoms with van der Waals surface area (Å²) >= 11 is 0. The fourth-order valence-electron chi connectivity index (χ4n) is 7.06. The molecule has 3 fully saturated rings. The molecule has 47 heavy (non-hydrogen) atoms. The highest BCUT2D eigenvalue weighted by molar-refractivity contribution is 6.74. The number of carbonyl (C=O) groups is 2. The van der Waals surface area contributed by atoms with Crippen LogP contribution < -0.4 is 4.74 Å². The van der Waals surface area contributed by atoms with Crippen LogP contribution in [0.3, 0.4) is 0 Å². The highest BCUT2D eigenvalue weighted by atomic mass is 28.4. The number of amides is 2. The van der Waals surface area contributed by atoms with Crippen molar-refractivity contribution in [2.24, 2.45) is 17.8 Å². The Hall–Kier alpha value is -2.31. The van der Waals surface area contributed by atoms with Crippen LogP contribution in [0.1, 0.15) is 80.7 Å². The zero-order valence-corrected chi connectivity index (χ0v) is 33.7. The predicted octanol–water partition coefficient (Wildman–Crippen LogP) is 8.60. The number of piperidine rings is 1. The van der Waals surface area contributed by atoms with Crippen molar-refractivity contribution >= 4 is 28.6 Å². The molecule has 2 saturated heterocycles. The third kappa shape index (κ3) is 7.34. The second-order valence-electron chi connectivity index (χ2n) is 18.0. The van der Waals surface area contributed by atoms with Crippen molar-refractivity contribution in [2.45, 2.75) is 135 Å². The van der Waals surface area contributed by atoms with E-state index < -0.39 is 27.8 Å². The Morgan fingerprint density at radius 3 is 2.09 bits per heavy atom. The van der Waals surface area contributed by atoms with Gasteiger partial charge in [0.25, 0.3) is 0 Å². The van der Waals surface area contributed by atoms with E-state index in [9.17, 15) is 9.59 Å². The normalized spacial score (nSPS) is 27.0. The average molecular weight is 687 g/mol. The van der Waals surface area contributed by atoms with Gasteiger partial charge >= 0.3 is 6.09 Å². The molecule has 10 heteroatoms. The van der Waals surface area contributed by atoms with Crippen LogP contribution in [0.15, 0.2) is 36.6 Å². The van der Waals surface area contributed by atoms with E-state index in [1.54, 1.807) is 7.11 Å². The standard InChI is InChI=1S/C37H62N2O6Si2/c1-34(2,3)45-33(41)38-21-19-30-29-23-27(25-44-47(13,14)36(7,8)9)31(38)37(30,20-22-43-46(11,12)35(4,5)6)39(32(29)40)24-26-15-17-28(42-10)18-16-26/h15-18,20,22,27,29-31H,19,21,23-25H2,1-14H3/b22-20+/t27-,29?,30+,31+,37+/m0/s1. The van der Waals surface area contributed by atoms with Crippen LogP contribution in [0.25, 0.3) is 0 Å². The van der Waals surface area contributed by atoms with E-state index in [2.05, 4.69) is 78.7 Å². The summed E-state index contributed by atoms with van der Waals surface area (Å²) in [6.45, 7) is 29.6. The monoisotopic (exact) mass is 686 g/mol. The third-order valence-electron chi connectivity index (χ3n) is 11.7. The number of likely N-dealkylation sites (tertiary alicyclic amines) is 2. The van der Waals surface area contributed by atoms with Gasteiger partial charge in [0.2, 0.25) is 14.2 Å². The second-order valence-corrected chi connectivity index (χ2v) is 27.6. The summed E-state index contributed by atoms with van der Waals surface area (Å²) in [6.07, 6.45) is 5.09. The first-order chi connectivity index (χ1) is 21.4. The van der Waals surface area contributed by atoms with Gasteiger partial charge in [0.15, 0.2) is 8.32 Å². The SMILES string of the molecule is COc1ccc(CN2C(=O)C3C[C@@H](CO[Si](C)(C)C(C)(C)C)[C@H]4N(C(=O)OC(C)(C)C)CC[C@H]3[C@]42/C=C/O[Si](C)(C)C(C)(C)C)cc1. The molecule has 1 unspecified atom stereocenters. The molecule has 2 heterocycles. The molecule has 2 aliphatic heterocycles. The zero-order chi connectivity index (χ0) is 35.4. The van der Waals surface area contributed by atoms with Gasteiger partial charge in [0.05, 0.1) is 25.0 Å². The van der Waals surface area contributed by atoms with Crippen molar-refractivity contribution in [3.63, 3.8) is 0 Å². The lowest BCUT2D eigenvalue weighted by Gasteiger charge is -2.58. The first-order valence-electron chi connectivity index (χ1n) is 17.4. The quantitative estimate of drug-likeness (QED) is 0.191. The summed E-state index contributed by atoms with van der Waals surface area (Å²) in [7, 11) is -2.63. The number of hydrogen-bond acceptors (Lipinski definition) is 6. The molecule has 3 aliphatic rings. The highest BCUT2D eigenvalue weighted by Crippen LogP contribution is 2.58. The Labute approximate surface area is 286 Å². The molecule has 0 N–H and O–H groups in total. The molecule has 4 rings (SSSR count). The van der Waals surface area contributed by atoms with Crippen LogP contribution in [-0.4, -0.2) is 75.9 Å². The molecule has 5 atom stereocenters. The third-order valence-corrected chi connectivity index (χ3v) is 20.6. The first kappa shape index (κ1) is 37.5. The summed E-state index contributed by atoms with van der Waals surface area (Å²) in [4.78, 5) is 32.8. The van der Waals surface area contributed by atoms with Crippen molar-refractivity contribution in [2.75, 3.05) is 20.3 Å².